The van der Waals surface area contributed by atoms with Gasteiger partial charge in [-0.1, -0.05) is 12.1 Å². The molecule has 1 atom stereocenters. The fourth-order valence-corrected chi connectivity index (χ4v) is 4.09. The van der Waals surface area contributed by atoms with Crippen LogP contribution in [0.2, 0.25) is 0 Å². The van der Waals surface area contributed by atoms with Crippen molar-refractivity contribution in [1.82, 2.24) is 14.8 Å². The van der Waals surface area contributed by atoms with Crippen molar-refractivity contribution in [2.45, 2.75) is 12.5 Å². The van der Waals surface area contributed by atoms with Gasteiger partial charge in [0.25, 0.3) is 11.7 Å². The van der Waals surface area contributed by atoms with E-state index in [9.17, 15) is 19.1 Å². The number of nitrogens with zero attached hydrogens (tertiary/aromatic N) is 3. The van der Waals surface area contributed by atoms with Crippen LogP contribution in [-0.4, -0.2) is 71.0 Å². The molecule has 0 saturated carbocycles. The Balaban J connectivity index is 1.66. The second kappa shape index (κ2) is 9.36. The van der Waals surface area contributed by atoms with Crippen molar-refractivity contribution < 1.29 is 23.8 Å². The number of aliphatic hydroxyl groups excluding tert-OH is 1. The number of likely N-dealkylation sites (tertiary alicyclic amines) is 1. The summed E-state index contributed by atoms with van der Waals surface area (Å²) in [6.07, 6.45) is 3.63. The maximum Gasteiger partial charge on any atom is 0.295 e. The zero-order valence-electron chi connectivity index (χ0n) is 17.0. The number of ether oxygens (including phenoxy) is 1. The topological polar surface area (TPSA) is 83.0 Å². The first kappa shape index (κ1) is 21.1. The summed E-state index contributed by atoms with van der Waals surface area (Å²) in [6, 6.07) is 8.06. The minimum absolute atomic E-state index is 0.0341. The molecular formula is C23H24FN3O4. The molecule has 2 saturated heterocycles. The molecule has 8 heteroatoms. The highest BCUT2D eigenvalue weighted by atomic mass is 19.1. The molecule has 31 heavy (non-hydrogen) atoms. The fraction of sp³-hybridized carbons (Fsp3) is 0.348. The number of aliphatic hydroxyl groups is 1. The molecule has 1 amide bonds. The summed E-state index contributed by atoms with van der Waals surface area (Å²) in [4.78, 5) is 33.4. The summed E-state index contributed by atoms with van der Waals surface area (Å²) in [5.41, 5.74) is 0.789. The van der Waals surface area contributed by atoms with Gasteiger partial charge in [-0.25, -0.2) is 4.39 Å². The van der Waals surface area contributed by atoms with Crippen molar-refractivity contribution in [2.75, 3.05) is 39.4 Å². The Kier molecular flexibility index (Phi) is 6.39. The molecule has 2 aliphatic heterocycles. The van der Waals surface area contributed by atoms with E-state index in [1.165, 1.54) is 35.5 Å². The van der Waals surface area contributed by atoms with Crippen LogP contribution in [0.1, 0.15) is 23.6 Å². The SMILES string of the molecule is O=C1C(=O)N(CCCN2CCOCC2)[C@@H](c2cccc(F)c2)/C1=C(\O)c1ccncc1. The second-order valence-electron chi connectivity index (χ2n) is 7.59. The van der Waals surface area contributed by atoms with E-state index in [0.29, 0.717) is 37.3 Å². The van der Waals surface area contributed by atoms with Crippen molar-refractivity contribution >= 4 is 17.4 Å². The summed E-state index contributed by atoms with van der Waals surface area (Å²) in [6.45, 7) is 4.09. The summed E-state index contributed by atoms with van der Waals surface area (Å²) < 4.78 is 19.3. The summed E-state index contributed by atoms with van der Waals surface area (Å²) >= 11 is 0. The summed E-state index contributed by atoms with van der Waals surface area (Å²) in [5.74, 6) is -2.22. The average Bonchev–Trinajstić information content (AvgIpc) is 3.05. The largest absolute Gasteiger partial charge is 0.507 e. The van der Waals surface area contributed by atoms with Crippen molar-refractivity contribution in [3.05, 3.63) is 71.3 Å². The van der Waals surface area contributed by atoms with Crippen LogP contribution < -0.4 is 0 Å². The van der Waals surface area contributed by atoms with Crippen LogP contribution in [0.4, 0.5) is 4.39 Å². The number of Topliss-reactive ketones (excluding diaryl/α,β-unsaturated/α-hetero) is 1. The first-order valence-corrected chi connectivity index (χ1v) is 10.3. The van der Waals surface area contributed by atoms with Crippen molar-refractivity contribution in [3.63, 3.8) is 0 Å². The molecule has 2 fully saturated rings. The molecule has 162 valence electrons. The number of ketones is 1. The number of halogens is 1. The molecule has 1 aromatic heterocycles. The molecule has 1 N–H and O–H groups in total. The van der Waals surface area contributed by atoms with Gasteiger partial charge in [0.1, 0.15) is 11.6 Å². The first-order chi connectivity index (χ1) is 15.1. The Bertz CT molecular complexity index is 989. The highest BCUT2D eigenvalue weighted by molar-refractivity contribution is 6.46. The van der Waals surface area contributed by atoms with Crippen LogP contribution >= 0.6 is 0 Å². The van der Waals surface area contributed by atoms with Crippen LogP contribution in [0.25, 0.3) is 5.76 Å². The molecular weight excluding hydrogens is 401 g/mol. The van der Waals surface area contributed by atoms with Gasteiger partial charge in [-0.05, 0) is 36.2 Å². The number of morpholine rings is 1. The average molecular weight is 425 g/mol. The number of carbonyl (C=O) groups excluding carboxylic acids is 2. The fourth-order valence-electron chi connectivity index (χ4n) is 4.09. The Morgan fingerprint density at radius 2 is 1.87 bits per heavy atom. The molecule has 0 bridgehead atoms. The maximum atomic E-state index is 14.0. The van der Waals surface area contributed by atoms with E-state index in [1.807, 2.05) is 0 Å². The Morgan fingerprint density at radius 3 is 2.58 bits per heavy atom. The molecule has 4 rings (SSSR count). The molecule has 0 unspecified atom stereocenters. The van der Waals surface area contributed by atoms with Gasteiger partial charge in [0.2, 0.25) is 0 Å². The Morgan fingerprint density at radius 1 is 1.13 bits per heavy atom. The minimum Gasteiger partial charge on any atom is -0.507 e. The lowest BCUT2D eigenvalue weighted by Crippen LogP contribution is -2.39. The van der Waals surface area contributed by atoms with Crippen molar-refractivity contribution in [3.8, 4) is 0 Å². The lowest BCUT2D eigenvalue weighted by molar-refractivity contribution is -0.140. The van der Waals surface area contributed by atoms with Gasteiger partial charge >= 0.3 is 0 Å². The Hall–Kier alpha value is -3.10. The van der Waals surface area contributed by atoms with E-state index in [1.54, 1.807) is 18.2 Å². The highest BCUT2D eigenvalue weighted by Gasteiger charge is 2.45. The lowest BCUT2D eigenvalue weighted by atomic mass is 9.95. The molecule has 7 nitrogen and oxygen atoms in total. The Labute approximate surface area is 179 Å². The number of rotatable bonds is 6. The minimum atomic E-state index is -0.853. The van der Waals surface area contributed by atoms with Crippen LogP contribution in [-0.2, 0) is 14.3 Å². The number of aromatic nitrogens is 1. The molecule has 0 spiro atoms. The number of hydrogen-bond donors (Lipinski definition) is 1. The van der Waals surface area contributed by atoms with E-state index < -0.39 is 23.5 Å². The third-order valence-corrected chi connectivity index (χ3v) is 5.64. The van der Waals surface area contributed by atoms with Gasteiger partial charge in [0.05, 0.1) is 24.8 Å². The monoisotopic (exact) mass is 425 g/mol. The maximum absolute atomic E-state index is 14.0. The van der Waals surface area contributed by atoms with Gasteiger partial charge in [-0.15, -0.1) is 0 Å². The van der Waals surface area contributed by atoms with E-state index in [2.05, 4.69) is 9.88 Å². The molecule has 3 heterocycles. The molecule has 0 radical (unpaired) electrons. The number of carbonyl (C=O) groups is 2. The van der Waals surface area contributed by atoms with E-state index in [0.717, 1.165) is 19.6 Å². The summed E-state index contributed by atoms with van der Waals surface area (Å²) in [5, 5.41) is 10.9. The van der Waals surface area contributed by atoms with Gasteiger partial charge in [0.15, 0.2) is 0 Å². The molecule has 0 aliphatic carbocycles. The van der Waals surface area contributed by atoms with Crippen molar-refractivity contribution in [2.24, 2.45) is 0 Å². The van der Waals surface area contributed by atoms with E-state index in [4.69, 9.17) is 4.74 Å². The van der Waals surface area contributed by atoms with Gasteiger partial charge in [-0.3, -0.25) is 19.5 Å². The zero-order valence-corrected chi connectivity index (χ0v) is 17.0. The van der Waals surface area contributed by atoms with Crippen LogP contribution in [0, 0.1) is 5.82 Å². The second-order valence-corrected chi connectivity index (χ2v) is 7.59. The normalized spacial score (nSPS) is 21.6. The van der Waals surface area contributed by atoms with Crippen LogP contribution in [0.5, 0.6) is 0 Å². The third kappa shape index (κ3) is 4.50. The van der Waals surface area contributed by atoms with E-state index in [-0.39, 0.29) is 11.3 Å². The number of hydrogen-bond acceptors (Lipinski definition) is 6. The van der Waals surface area contributed by atoms with Crippen LogP contribution in [0.15, 0.2) is 54.4 Å². The first-order valence-electron chi connectivity index (χ1n) is 10.3. The number of pyridine rings is 1. The number of amides is 1. The molecule has 2 aliphatic rings. The van der Waals surface area contributed by atoms with Crippen molar-refractivity contribution in [1.29, 1.82) is 0 Å². The van der Waals surface area contributed by atoms with Gasteiger partial charge in [-0.2, -0.15) is 0 Å². The highest BCUT2D eigenvalue weighted by Crippen LogP contribution is 2.39. The predicted octanol–water partition coefficient (Wildman–Crippen LogP) is 2.36. The molecule has 2 aromatic rings. The van der Waals surface area contributed by atoms with Gasteiger partial charge in [0, 0.05) is 44.1 Å². The van der Waals surface area contributed by atoms with E-state index >= 15 is 0 Å². The third-order valence-electron chi connectivity index (χ3n) is 5.64. The van der Waals surface area contributed by atoms with Gasteiger partial charge < -0.3 is 14.7 Å². The quantitative estimate of drug-likeness (QED) is 0.435. The molecule has 1 aromatic carbocycles. The predicted molar refractivity (Wildman–Crippen MR) is 112 cm³/mol. The summed E-state index contributed by atoms with van der Waals surface area (Å²) in [7, 11) is 0. The number of benzene rings is 1. The standard InChI is InChI=1S/C23H24FN3O4/c24-18-4-1-3-17(15-18)20-19(21(28)16-5-7-25-8-6-16)22(29)23(30)27(20)10-2-9-26-11-13-31-14-12-26/h1,3-8,15,20,28H,2,9-14H2/b21-19+/t20-/m0/s1. The zero-order chi connectivity index (χ0) is 21.8. The lowest BCUT2D eigenvalue weighted by Gasteiger charge is -2.29. The van der Waals surface area contributed by atoms with Crippen LogP contribution in [0.3, 0.4) is 0 Å². The smallest absolute Gasteiger partial charge is 0.295 e.